The Morgan fingerprint density at radius 2 is 1.69 bits per heavy atom. The van der Waals surface area contributed by atoms with E-state index >= 15 is 0 Å². The highest BCUT2D eigenvalue weighted by Gasteiger charge is 2.07. The Kier molecular flexibility index (Phi) is 3.17. The summed E-state index contributed by atoms with van der Waals surface area (Å²) in [5.74, 6) is 0.0535. The monoisotopic (exact) mass is 233 g/mol. The molecule has 1 aromatic carbocycles. The molecule has 0 fully saturated rings. The molecule has 4 heteroatoms. The molecule has 16 heavy (non-hydrogen) atoms. The molecule has 0 aliphatic carbocycles. The molecule has 0 spiro atoms. The lowest BCUT2D eigenvalue weighted by Crippen LogP contribution is -2.08. The molecule has 0 saturated heterocycles. The Hall–Kier alpha value is -1.87. The number of benzene rings is 1. The predicted molar refractivity (Wildman–Crippen MR) is 60.6 cm³/mol. The summed E-state index contributed by atoms with van der Waals surface area (Å²) in [6, 6.07) is 9.76. The minimum Gasteiger partial charge on any atom is -0.423 e. The smallest absolute Gasteiger partial charge is 0.343 e. The Morgan fingerprint density at radius 3 is 2.31 bits per heavy atom. The van der Waals surface area contributed by atoms with Crippen LogP contribution in [0.15, 0.2) is 48.8 Å². The number of esters is 1. The van der Waals surface area contributed by atoms with Gasteiger partial charge >= 0.3 is 5.97 Å². The molecular formula is C12H8ClNO2. The van der Waals surface area contributed by atoms with Crippen LogP contribution in [0.1, 0.15) is 10.4 Å². The van der Waals surface area contributed by atoms with E-state index in [0.29, 0.717) is 16.3 Å². The average Bonchev–Trinajstić information content (AvgIpc) is 2.31. The van der Waals surface area contributed by atoms with E-state index in [1.54, 1.807) is 48.8 Å². The predicted octanol–water partition coefficient (Wildman–Crippen LogP) is 2.95. The molecule has 1 heterocycles. The molecule has 3 nitrogen and oxygen atoms in total. The highest BCUT2D eigenvalue weighted by molar-refractivity contribution is 6.30. The number of carbonyl (C=O) groups is 1. The second-order valence-corrected chi connectivity index (χ2v) is 3.52. The van der Waals surface area contributed by atoms with Crippen molar-refractivity contribution in [2.75, 3.05) is 0 Å². The Balaban J connectivity index is 2.12. The van der Waals surface area contributed by atoms with Crippen molar-refractivity contribution >= 4 is 17.6 Å². The van der Waals surface area contributed by atoms with E-state index in [1.807, 2.05) is 0 Å². The van der Waals surface area contributed by atoms with E-state index in [2.05, 4.69) is 4.98 Å². The van der Waals surface area contributed by atoms with E-state index in [9.17, 15) is 4.79 Å². The molecule has 0 N–H and O–H groups in total. The number of pyridine rings is 1. The molecule has 0 atom stereocenters. The fourth-order valence-corrected chi connectivity index (χ4v) is 1.28. The van der Waals surface area contributed by atoms with Gasteiger partial charge in [0.1, 0.15) is 5.75 Å². The quantitative estimate of drug-likeness (QED) is 0.749. The van der Waals surface area contributed by atoms with E-state index < -0.39 is 5.97 Å². The van der Waals surface area contributed by atoms with Crippen LogP contribution in [0, 0.1) is 0 Å². The zero-order valence-electron chi connectivity index (χ0n) is 8.26. The third kappa shape index (κ3) is 2.58. The highest BCUT2D eigenvalue weighted by atomic mass is 35.5. The Labute approximate surface area is 97.7 Å². The lowest BCUT2D eigenvalue weighted by Gasteiger charge is -2.03. The maximum Gasteiger partial charge on any atom is 0.343 e. The SMILES string of the molecule is O=C(Oc1ccncc1)c1ccc(Cl)cc1. The van der Waals surface area contributed by atoms with Crippen LogP contribution in [0.4, 0.5) is 0 Å². The first-order valence-electron chi connectivity index (χ1n) is 4.63. The summed E-state index contributed by atoms with van der Waals surface area (Å²) >= 11 is 5.72. The van der Waals surface area contributed by atoms with Crippen LogP contribution in [-0.4, -0.2) is 11.0 Å². The second kappa shape index (κ2) is 4.77. The molecule has 2 aromatic rings. The minimum atomic E-state index is -0.414. The van der Waals surface area contributed by atoms with Gasteiger partial charge in [0.25, 0.3) is 0 Å². The topological polar surface area (TPSA) is 39.2 Å². The average molecular weight is 234 g/mol. The Bertz CT molecular complexity index is 482. The lowest BCUT2D eigenvalue weighted by molar-refractivity contribution is 0.0734. The molecule has 0 aliphatic rings. The maximum absolute atomic E-state index is 11.6. The lowest BCUT2D eigenvalue weighted by atomic mass is 10.2. The molecule has 0 unspecified atom stereocenters. The van der Waals surface area contributed by atoms with Gasteiger partial charge in [-0.25, -0.2) is 4.79 Å². The third-order valence-electron chi connectivity index (χ3n) is 1.94. The van der Waals surface area contributed by atoms with Crippen LogP contribution >= 0.6 is 11.6 Å². The standard InChI is InChI=1S/C12H8ClNO2/c13-10-3-1-9(2-4-10)12(15)16-11-5-7-14-8-6-11/h1-8H. The summed E-state index contributed by atoms with van der Waals surface area (Å²) in [4.78, 5) is 15.5. The van der Waals surface area contributed by atoms with Gasteiger partial charge in [0, 0.05) is 17.4 Å². The van der Waals surface area contributed by atoms with Crippen molar-refractivity contribution in [2.24, 2.45) is 0 Å². The van der Waals surface area contributed by atoms with Crippen LogP contribution in [0.3, 0.4) is 0 Å². The number of rotatable bonds is 2. The van der Waals surface area contributed by atoms with Crippen molar-refractivity contribution in [2.45, 2.75) is 0 Å². The molecule has 0 radical (unpaired) electrons. The van der Waals surface area contributed by atoms with Crippen LogP contribution in [0.5, 0.6) is 5.75 Å². The first-order chi connectivity index (χ1) is 7.75. The zero-order valence-corrected chi connectivity index (χ0v) is 9.02. The van der Waals surface area contributed by atoms with E-state index in [-0.39, 0.29) is 0 Å². The van der Waals surface area contributed by atoms with Crippen LogP contribution in [-0.2, 0) is 0 Å². The third-order valence-corrected chi connectivity index (χ3v) is 2.19. The highest BCUT2D eigenvalue weighted by Crippen LogP contribution is 2.13. The van der Waals surface area contributed by atoms with Crippen LogP contribution in [0.2, 0.25) is 5.02 Å². The summed E-state index contributed by atoms with van der Waals surface area (Å²) in [7, 11) is 0. The number of halogens is 1. The zero-order chi connectivity index (χ0) is 11.4. The summed E-state index contributed by atoms with van der Waals surface area (Å²) in [6.45, 7) is 0. The van der Waals surface area contributed by atoms with Gasteiger partial charge in [-0.3, -0.25) is 4.98 Å². The summed E-state index contributed by atoms with van der Waals surface area (Å²) in [6.07, 6.45) is 3.12. The van der Waals surface area contributed by atoms with Crippen LogP contribution < -0.4 is 4.74 Å². The minimum absolute atomic E-state index is 0.414. The number of aromatic nitrogens is 1. The van der Waals surface area contributed by atoms with Gasteiger partial charge in [-0.2, -0.15) is 0 Å². The van der Waals surface area contributed by atoms with Crippen molar-refractivity contribution in [1.82, 2.24) is 4.98 Å². The van der Waals surface area contributed by atoms with Crippen molar-refractivity contribution in [1.29, 1.82) is 0 Å². The molecule has 1 aromatic heterocycles. The van der Waals surface area contributed by atoms with Crippen molar-refractivity contribution < 1.29 is 9.53 Å². The summed E-state index contributed by atoms with van der Waals surface area (Å²) < 4.78 is 5.12. The van der Waals surface area contributed by atoms with Gasteiger partial charge in [0.2, 0.25) is 0 Å². The molecule has 2 rings (SSSR count). The number of nitrogens with zero attached hydrogens (tertiary/aromatic N) is 1. The number of ether oxygens (including phenoxy) is 1. The first kappa shape index (κ1) is 10.6. The van der Waals surface area contributed by atoms with E-state index in [1.165, 1.54) is 0 Å². The summed E-state index contributed by atoms with van der Waals surface area (Å²) in [5, 5.41) is 0.584. The number of hydrogen-bond donors (Lipinski definition) is 0. The second-order valence-electron chi connectivity index (χ2n) is 3.08. The first-order valence-corrected chi connectivity index (χ1v) is 5.01. The molecule has 80 valence electrons. The van der Waals surface area contributed by atoms with Crippen molar-refractivity contribution in [3.63, 3.8) is 0 Å². The van der Waals surface area contributed by atoms with Gasteiger partial charge in [0.05, 0.1) is 5.56 Å². The molecular weight excluding hydrogens is 226 g/mol. The number of carbonyl (C=O) groups excluding carboxylic acids is 1. The van der Waals surface area contributed by atoms with Crippen molar-refractivity contribution in [3.8, 4) is 5.75 Å². The van der Waals surface area contributed by atoms with Gasteiger partial charge in [-0.1, -0.05) is 11.6 Å². The largest absolute Gasteiger partial charge is 0.423 e. The molecule has 0 saturated carbocycles. The summed E-state index contributed by atoms with van der Waals surface area (Å²) in [5.41, 5.74) is 0.459. The maximum atomic E-state index is 11.6. The van der Waals surface area contributed by atoms with Crippen LogP contribution in [0.25, 0.3) is 0 Å². The Morgan fingerprint density at radius 1 is 1.06 bits per heavy atom. The van der Waals surface area contributed by atoms with Crippen molar-refractivity contribution in [3.05, 3.63) is 59.4 Å². The molecule has 0 amide bonds. The van der Waals surface area contributed by atoms with Gasteiger partial charge in [0.15, 0.2) is 0 Å². The van der Waals surface area contributed by atoms with E-state index in [4.69, 9.17) is 16.3 Å². The van der Waals surface area contributed by atoms with Gasteiger partial charge < -0.3 is 4.74 Å². The van der Waals surface area contributed by atoms with Gasteiger partial charge in [-0.15, -0.1) is 0 Å². The molecule has 0 bridgehead atoms. The fourth-order valence-electron chi connectivity index (χ4n) is 1.16. The normalized spacial score (nSPS) is 9.81. The van der Waals surface area contributed by atoms with Gasteiger partial charge in [-0.05, 0) is 36.4 Å². The molecule has 0 aliphatic heterocycles. The number of hydrogen-bond acceptors (Lipinski definition) is 3. The van der Waals surface area contributed by atoms with E-state index in [0.717, 1.165) is 0 Å². The fraction of sp³-hybridized carbons (Fsp3) is 0.